The third-order valence-electron chi connectivity index (χ3n) is 2.80. The molecule has 2 rings (SSSR count). The van der Waals surface area contributed by atoms with Crippen molar-refractivity contribution in [3.8, 4) is 17.4 Å². The van der Waals surface area contributed by atoms with E-state index in [-0.39, 0.29) is 11.6 Å². The molecule has 1 N–H and O–H groups in total. The van der Waals surface area contributed by atoms with Gasteiger partial charge in [-0.05, 0) is 31.0 Å². The van der Waals surface area contributed by atoms with Gasteiger partial charge >= 0.3 is 0 Å². The molecule has 0 aliphatic rings. The van der Waals surface area contributed by atoms with Crippen molar-refractivity contribution >= 4 is 11.6 Å². The van der Waals surface area contributed by atoms with Crippen LogP contribution in [0.5, 0.6) is 17.4 Å². The molecular formula is C14H14ClNO2. The smallest absolute Gasteiger partial charge is 0.262 e. The Morgan fingerprint density at radius 3 is 2.72 bits per heavy atom. The minimum Gasteiger partial charge on any atom is -0.503 e. The lowest BCUT2D eigenvalue weighted by molar-refractivity contribution is 0.394. The largest absolute Gasteiger partial charge is 0.503 e. The average Bonchev–Trinajstić information content (AvgIpc) is 2.38. The summed E-state index contributed by atoms with van der Waals surface area (Å²) < 4.78 is 5.53. The van der Waals surface area contributed by atoms with E-state index in [2.05, 4.69) is 4.98 Å². The van der Waals surface area contributed by atoms with Gasteiger partial charge in [0.25, 0.3) is 5.88 Å². The summed E-state index contributed by atoms with van der Waals surface area (Å²) in [6.07, 6.45) is 2.53. The molecule has 18 heavy (non-hydrogen) atoms. The highest BCUT2D eigenvalue weighted by Crippen LogP contribution is 2.35. The molecule has 0 fully saturated rings. The van der Waals surface area contributed by atoms with Crippen molar-refractivity contribution in [3.63, 3.8) is 0 Å². The van der Waals surface area contributed by atoms with E-state index in [0.717, 1.165) is 17.5 Å². The molecule has 0 aliphatic carbocycles. The van der Waals surface area contributed by atoms with Gasteiger partial charge in [-0.3, -0.25) is 0 Å². The SMILES string of the molecule is CCc1cnc(Oc2ccccc2Cl)c(O)c1C. The fraction of sp³-hybridized carbons (Fsp3) is 0.214. The predicted molar refractivity (Wildman–Crippen MR) is 71.5 cm³/mol. The Morgan fingerprint density at radius 1 is 1.33 bits per heavy atom. The van der Waals surface area contributed by atoms with Crippen LogP contribution in [-0.4, -0.2) is 10.1 Å². The maximum Gasteiger partial charge on any atom is 0.262 e. The summed E-state index contributed by atoms with van der Waals surface area (Å²) in [6.45, 7) is 3.85. The fourth-order valence-electron chi connectivity index (χ4n) is 1.67. The van der Waals surface area contributed by atoms with Crippen molar-refractivity contribution in [1.29, 1.82) is 0 Å². The molecule has 4 heteroatoms. The van der Waals surface area contributed by atoms with Crippen LogP contribution in [0.3, 0.4) is 0 Å². The van der Waals surface area contributed by atoms with Gasteiger partial charge in [-0.2, -0.15) is 0 Å². The van der Waals surface area contributed by atoms with Crippen LogP contribution in [-0.2, 0) is 6.42 Å². The first kappa shape index (κ1) is 12.7. The molecule has 0 atom stereocenters. The maximum absolute atomic E-state index is 10.0. The number of hydrogen-bond acceptors (Lipinski definition) is 3. The van der Waals surface area contributed by atoms with Crippen molar-refractivity contribution in [2.24, 2.45) is 0 Å². The van der Waals surface area contributed by atoms with Gasteiger partial charge in [0, 0.05) is 11.8 Å². The topological polar surface area (TPSA) is 42.4 Å². The summed E-state index contributed by atoms with van der Waals surface area (Å²) in [6, 6.07) is 7.08. The zero-order valence-electron chi connectivity index (χ0n) is 10.3. The standard InChI is InChI=1S/C14H14ClNO2/c1-3-10-8-16-14(13(17)9(10)2)18-12-7-5-4-6-11(12)15/h4-8,17H,3H2,1-2H3. The van der Waals surface area contributed by atoms with Crippen molar-refractivity contribution in [2.75, 3.05) is 0 Å². The number of aryl methyl sites for hydroxylation is 1. The molecule has 1 heterocycles. The number of hydrogen-bond donors (Lipinski definition) is 1. The summed E-state index contributed by atoms with van der Waals surface area (Å²) >= 11 is 5.99. The molecule has 0 amide bonds. The number of aromatic nitrogens is 1. The van der Waals surface area contributed by atoms with Crippen LogP contribution in [0.2, 0.25) is 5.02 Å². The van der Waals surface area contributed by atoms with Crippen LogP contribution in [0.25, 0.3) is 0 Å². The van der Waals surface area contributed by atoms with E-state index < -0.39 is 0 Å². The number of rotatable bonds is 3. The van der Waals surface area contributed by atoms with Gasteiger partial charge in [-0.1, -0.05) is 30.7 Å². The van der Waals surface area contributed by atoms with Crippen LogP contribution in [0.15, 0.2) is 30.5 Å². The Morgan fingerprint density at radius 2 is 2.06 bits per heavy atom. The lowest BCUT2D eigenvalue weighted by Crippen LogP contribution is -1.95. The van der Waals surface area contributed by atoms with Crippen LogP contribution >= 0.6 is 11.6 Å². The fourth-order valence-corrected chi connectivity index (χ4v) is 1.84. The molecule has 0 saturated heterocycles. The highest BCUT2D eigenvalue weighted by atomic mass is 35.5. The Hall–Kier alpha value is -1.74. The van der Waals surface area contributed by atoms with Gasteiger partial charge in [0.1, 0.15) is 5.75 Å². The summed E-state index contributed by atoms with van der Waals surface area (Å²) in [5.74, 6) is 0.720. The Labute approximate surface area is 111 Å². The molecule has 0 unspecified atom stereocenters. The second kappa shape index (κ2) is 5.27. The first-order chi connectivity index (χ1) is 8.63. The maximum atomic E-state index is 10.0. The van der Waals surface area contributed by atoms with Crippen molar-refractivity contribution in [3.05, 3.63) is 46.6 Å². The van der Waals surface area contributed by atoms with E-state index in [1.165, 1.54) is 0 Å². The second-order valence-electron chi connectivity index (χ2n) is 3.95. The molecule has 3 nitrogen and oxygen atoms in total. The van der Waals surface area contributed by atoms with Gasteiger partial charge in [0.05, 0.1) is 5.02 Å². The minimum atomic E-state index is 0.0641. The molecule has 1 aromatic carbocycles. The molecular weight excluding hydrogens is 250 g/mol. The number of para-hydroxylation sites is 1. The molecule has 0 spiro atoms. The molecule has 2 aromatic rings. The van der Waals surface area contributed by atoms with Crippen molar-refractivity contribution in [2.45, 2.75) is 20.3 Å². The normalized spacial score (nSPS) is 10.4. The molecule has 0 radical (unpaired) electrons. The number of ether oxygens (including phenoxy) is 1. The predicted octanol–water partition coefficient (Wildman–Crippen LogP) is 4.10. The van der Waals surface area contributed by atoms with E-state index in [0.29, 0.717) is 10.8 Å². The Bertz CT molecular complexity index is 570. The van der Waals surface area contributed by atoms with Crippen LogP contribution in [0.4, 0.5) is 0 Å². The van der Waals surface area contributed by atoms with Crippen LogP contribution in [0, 0.1) is 6.92 Å². The number of nitrogens with zero attached hydrogens (tertiary/aromatic N) is 1. The zero-order valence-corrected chi connectivity index (χ0v) is 11.0. The number of pyridine rings is 1. The highest BCUT2D eigenvalue weighted by molar-refractivity contribution is 6.32. The van der Waals surface area contributed by atoms with Gasteiger partial charge in [-0.25, -0.2) is 4.98 Å². The van der Waals surface area contributed by atoms with Crippen molar-refractivity contribution in [1.82, 2.24) is 4.98 Å². The highest BCUT2D eigenvalue weighted by Gasteiger charge is 2.12. The van der Waals surface area contributed by atoms with E-state index >= 15 is 0 Å². The third kappa shape index (κ3) is 2.41. The summed E-state index contributed by atoms with van der Waals surface area (Å²) in [5.41, 5.74) is 1.79. The zero-order chi connectivity index (χ0) is 13.1. The summed E-state index contributed by atoms with van der Waals surface area (Å²) in [5, 5.41) is 10.5. The lowest BCUT2D eigenvalue weighted by atomic mass is 10.1. The molecule has 0 bridgehead atoms. The number of benzene rings is 1. The molecule has 1 aromatic heterocycles. The first-order valence-corrected chi connectivity index (χ1v) is 6.11. The van der Waals surface area contributed by atoms with E-state index in [1.54, 1.807) is 18.3 Å². The quantitative estimate of drug-likeness (QED) is 0.906. The van der Waals surface area contributed by atoms with Crippen molar-refractivity contribution < 1.29 is 9.84 Å². The number of halogens is 1. The minimum absolute atomic E-state index is 0.0641. The van der Waals surface area contributed by atoms with Gasteiger partial charge < -0.3 is 9.84 Å². The average molecular weight is 264 g/mol. The molecule has 0 aliphatic heterocycles. The summed E-state index contributed by atoms with van der Waals surface area (Å²) in [4.78, 5) is 4.12. The third-order valence-corrected chi connectivity index (χ3v) is 3.11. The monoisotopic (exact) mass is 263 g/mol. The van der Waals surface area contributed by atoms with E-state index in [4.69, 9.17) is 16.3 Å². The Balaban J connectivity index is 2.36. The van der Waals surface area contributed by atoms with Gasteiger partial charge in [0.15, 0.2) is 5.75 Å². The van der Waals surface area contributed by atoms with Gasteiger partial charge in [0.2, 0.25) is 0 Å². The van der Waals surface area contributed by atoms with Crippen LogP contribution in [0.1, 0.15) is 18.1 Å². The first-order valence-electron chi connectivity index (χ1n) is 5.73. The van der Waals surface area contributed by atoms with E-state index in [1.807, 2.05) is 26.0 Å². The second-order valence-corrected chi connectivity index (χ2v) is 4.36. The summed E-state index contributed by atoms with van der Waals surface area (Å²) in [7, 11) is 0. The van der Waals surface area contributed by atoms with E-state index in [9.17, 15) is 5.11 Å². The molecule has 94 valence electrons. The van der Waals surface area contributed by atoms with Gasteiger partial charge in [-0.15, -0.1) is 0 Å². The molecule has 0 saturated carbocycles. The number of aromatic hydroxyl groups is 1. The lowest BCUT2D eigenvalue weighted by Gasteiger charge is -2.11. The Kier molecular flexibility index (Phi) is 3.72. The van der Waals surface area contributed by atoms with Crippen LogP contribution < -0.4 is 4.74 Å².